The van der Waals surface area contributed by atoms with E-state index in [4.69, 9.17) is 9.26 Å². The van der Waals surface area contributed by atoms with Crippen LogP contribution in [0.15, 0.2) is 35.0 Å². The van der Waals surface area contributed by atoms with Crippen molar-refractivity contribution < 1.29 is 28.0 Å². The van der Waals surface area contributed by atoms with E-state index in [1.807, 2.05) is 32.9 Å². The summed E-state index contributed by atoms with van der Waals surface area (Å²) in [7, 11) is 0. The molecule has 1 aromatic carbocycles. The molecule has 12 heteroatoms. The molecular weight excluding hydrogens is 495 g/mol. The van der Waals surface area contributed by atoms with Gasteiger partial charge in [0.2, 0.25) is 17.4 Å². The topological polar surface area (TPSA) is 139 Å². The van der Waals surface area contributed by atoms with E-state index >= 15 is 4.39 Å². The monoisotopic (exact) mass is 524 g/mol. The van der Waals surface area contributed by atoms with E-state index in [1.54, 1.807) is 30.2 Å². The smallest absolute Gasteiger partial charge is 0.328 e. The third kappa shape index (κ3) is 3.87. The minimum Gasteiger partial charge on any atom is -0.372 e. The number of morpholine rings is 1. The second kappa shape index (κ2) is 9.67. The quantitative estimate of drug-likeness (QED) is 0.442. The van der Waals surface area contributed by atoms with Crippen molar-refractivity contribution in [2.45, 2.75) is 58.9 Å². The lowest BCUT2D eigenvalue weighted by molar-refractivity contribution is -0.153. The summed E-state index contributed by atoms with van der Waals surface area (Å²) in [5.41, 5.74) is -0.303. The predicted molar refractivity (Wildman–Crippen MR) is 136 cm³/mol. The molecule has 4 amide bonds. The van der Waals surface area contributed by atoms with Gasteiger partial charge >= 0.3 is 6.03 Å². The first kappa shape index (κ1) is 25.6. The van der Waals surface area contributed by atoms with Gasteiger partial charge in [-0.25, -0.2) is 9.18 Å². The molecule has 0 saturated carbocycles. The number of ether oxygens (including phenoxy) is 1. The van der Waals surface area contributed by atoms with E-state index < -0.39 is 41.2 Å². The number of anilines is 2. The highest BCUT2D eigenvalue weighted by atomic mass is 19.1. The van der Waals surface area contributed by atoms with Crippen LogP contribution in [0, 0.1) is 11.2 Å². The van der Waals surface area contributed by atoms with Crippen molar-refractivity contribution in [1.82, 2.24) is 20.8 Å². The molecule has 11 nitrogen and oxygen atoms in total. The summed E-state index contributed by atoms with van der Waals surface area (Å²) >= 11 is 0. The van der Waals surface area contributed by atoms with Gasteiger partial charge in [-0.3, -0.25) is 25.2 Å². The van der Waals surface area contributed by atoms with E-state index in [1.165, 1.54) is 0 Å². The van der Waals surface area contributed by atoms with Crippen LogP contribution in [0.4, 0.5) is 20.7 Å². The Morgan fingerprint density at radius 2 is 1.92 bits per heavy atom. The van der Waals surface area contributed by atoms with Gasteiger partial charge in [0.05, 0.1) is 41.6 Å². The summed E-state index contributed by atoms with van der Waals surface area (Å²) in [5, 5.41) is 12.0. The average Bonchev–Trinajstić information content (AvgIpc) is 3.30. The molecule has 2 fully saturated rings. The number of amides is 4. The molecule has 6 rings (SSSR count). The number of aromatic nitrogens is 2. The molecule has 2 saturated heterocycles. The van der Waals surface area contributed by atoms with Crippen molar-refractivity contribution >= 4 is 40.3 Å². The average molecular weight is 525 g/mol. The maximum absolute atomic E-state index is 16.1. The molecule has 3 aliphatic heterocycles. The van der Waals surface area contributed by atoms with E-state index in [0.29, 0.717) is 23.3 Å². The van der Waals surface area contributed by atoms with Crippen LogP contribution in [-0.2, 0) is 27.3 Å². The van der Waals surface area contributed by atoms with Gasteiger partial charge in [-0.15, -0.1) is 0 Å². The number of halogens is 1. The third-order valence-electron chi connectivity index (χ3n) is 7.13. The zero-order valence-electron chi connectivity index (χ0n) is 21.5. The molecule has 1 spiro atoms. The van der Waals surface area contributed by atoms with Crippen molar-refractivity contribution in [2.75, 3.05) is 16.8 Å². The molecule has 200 valence electrons. The minimum atomic E-state index is -1.70. The lowest BCUT2D eigenvalue weighted by Gasteiger charge is -2.55. The molecule has 3 aromatic rings. The molecule has 0 unspecified atom stereocenters. The number of nitrogens with zero attached hydrogens (tertiary/aromatic N) is 3. The molecule has 5 heterocycles. The highest BCUT2D eigenvalue weighted by Gasteiger charge is 2.63. The maximum Gasteiger partial charge on any atom is 0.328 e. The van der Waals surface area contributed by atoms with Crippen molar-refractivity contribution in [3.05, 3.63) is 47.5 Å². The van der Waals surface area contributed by atoms with Crippen molar-refractivity contribution in [2.24, 2.45) is 5.41 Å². The first-order valence-electron chi connectivity index (χ1n) is 12.6. The third-order valence-corrected chi connectivity index (χ3v) is 7.13. The fourth-order valence-corrected chi connectivity index (χ4v) is 5.75. The number of hydrogen-bond donors (Lipinski definition) is 3. The van der Waals surface area contributed by atoms with Gasteiger partial charge in [0, 0.05) is 19.2 Å². The van der Waals surface area contributed by atoms with Gasteiger partial charge < -0.3 is 19.5 Å². The fraction of sp³-hybridized carbons (Fsp3) is 0.423. The van der Waals surface area contributed by atoms with Crippen molar-refractivity contribution in [3.63, 3.8) is 0 Å². The number of carbonyl (C=O) groups excluding carboxylic acids is 3. The Morgan fingerprint density at radius 3 is 2.61 bits per heavy atom. The lowest BCUT2D eigenvalue weighted by atomic mass is 9.66. The number of nitrogens with one attached hydrogen (secondary N) is 3. The highest BCUT2D eigenvalue weighted by Crippen LogP contribution is 2.49. The Labute approximate surface area is 218 Å². The van der Waals surface area contributed by atoms with Gasteiger partial charge in [0.1, 0.15) is 0 Å². The zero-order valence-corrected chi connectivity index (χ0v) is 21.5. The lowest BCUT2D eigenvalue weighted by Crippen LogP contribution is -2.75. The van der Waals surface area contributed by atoms with Gasteiger partial charge in [-0.05, 0) is 37.6 Å². The number of imide groups is 2. The summed E-state index contributed by atoms with van der Waals surface area (Å²) in [5.74, 6) is -1.79. The van der Waals surface area contributed by atoms with Gasteiger partial charge in [-0.2, -0.15) is 0 Å². The molecule has 3 atom stereocenters. The normalized spacial score (nSPS) is 23.7. The summed E-state index contributed by atoms with van der Waals surface area (Å²) in [6.45, 7) is 8.14. The molecule has 0 aliphatic carbocycles. The number of urea groups is 1. The second-order valence-corrected chi connectivity index (χ2v) is 9.42. The summed E-state index contributed by atoms with van der Waals surface area (Å²) < 4.78 is 27.4. The maximum atomic E-state index is 16.1. The fourth-order valence-electron chi connectivity index (χ4n) is 5.75. The van der Waals surface area contributed by atoms with Crippen LogP contribution in [0.2, 0.25) is 0 Å². The molecule has 38 heavy (non-hydrogen) atoms. The molecule has 0 radical (unpaired) electrons. The number of carbonyl (C=O) groups is 3. The van der Waals surface area contributed by atoms with Crippen LogP contribution in [-0.4, -0.2) is 52.8 Å². The van der Waals surface area contributed by atoms with Gasteiger partial charge in [0.15, 0.2) is 17.1 Å². The Balaban J connectivity index is 0.00000144. The number of hydrogen-bond acceptors (Lipinski definition) is 9. The number of pyridine rings is 1. The van der Waals surface area contributed by atoms with Gasteiger partial charge in [-0.1, -0.05) is 25.1 Å². The van der Waals surface area contributed by atoms with E-state index in [9.17, 15) is 14.4 Å². The summed E-state index contributed by atoms with van der Waals surface area (Å²) in [4.78, 5) is 44.4. The number of benzene rings is 1. The molecule has 3 aliphatic rings. The van der Waals surface area contributed by atoms with Crippen molar-refractivity contribution in [1.29, 1.82) is 0 Å². The van der Waals surface area contributed by atoms with Gasteiger partial charge in [0.25, 0.3) is 0 Å². The second-order valence-electron chi connectivity index (χ2n) is 9.42. The van der Waals surface area contributed by atoms with Crippen LogP contribution in [0.3, 0.4) is 0 Å². The number of barbiturate groups is 1. The van der Waals surface area contributed by atoms with Crippen LogP contribution in [0.25, 0.3) is 11.0 Å². The Bertz CT molecular complexity index is 1390. The largest absolute Gasteiger partial charge is 0.372 e. The summed E-state index contributed by atoms with van der Waals surface area (Å²) in [6.07, 6.45) is 0.635. The van der Waals surface area contributed by atoms with Crippen LogP contribution >= 0.6 is 0 Å². The van der Waals surface area contributed by atoms with Crippen LogP contribution < -0.4 is 20.9 Å². The SMILES string of the molecule is CC.C[C@@H]1CN2c3c(cc4c(NCc5ccccn5)noc4c3F)CC3(C(=O)NC(=O)NC3=O)[C@H]2[C@H](C)O1. The van der Waals surface area contributed by atoms with Crippen LogP contribution in [0.1, 0.15) is 39.0 Å². The van der Waals surface area contributed by atoms with E-state index in [-0.39, 0.29) is 30.3 Å². The first-order chi connectivity index (χ1) is 18.3. The van der Waals surface area contributed by atoms with Crippen LogP contribution in [0.5, 0.6) is 0 Å². The molecule has 0 bridgehead atoms. The van der Waals surface area contributed by atoms with E-state index in [2.05, 4.69) is 26.1 Å². The Kier molecular flexibility index (Phi) is 6.51. The Morgan fingerprint density at radius 1 is 1.18 bits per heavy atom. The van der Waals surface area contributed by atoms with Crippen molar-refractivity contribution in [3.8, 4) is 0 Å². The molecule has 3 N–H and O–H groups in total. The zero-order chi connectivity index (χ0) is 27.2. The predicted octanol–water partition coefficient (Wildman–Crippen LogP) is 2.89. The molecular formula is C26H29FN6O5. The standard InChI is InChI=1S/C24H23FN6O5.C2H6/c1-11-10-31-17-13(8-24(19(31)12(2)35-11)21(32)28-23(34)29-22(24)33)7-15-18(16(17)25)36-30-20(15)27-9-14-5-3-4-6-26-14;1-2/h3-7,11-12,19H,8-10H2,1-2H3,(H,27,30)(H2,28,29,32,33,34);1-2H3/t11-,12+,19-;/m1./s1. The Hall–Kier alpha value is -4.06. The number of rotatable bonds is 3. The summed E-state index contributed by atoms with van der Waals surface area (Å²) in [6, 6.07) is 5.46. The van der Waals surface area contributed by atoms with E-state index in [0.717, 1.165) is 5.69 Å². The number of fused-ring (bicyclic) bond motifs is 5. The first-order valence-corrected chi connectivity index (χ1v) is 12.6. The molecule has 2 aromatic heterocycles. The highest BCUT2D eigenvalue weighted by molar-refractivity contribution is 6.20. The minimum absolute atomic E-state index is 0.0357.